The van der Waals surface area contributed by atoms with Crippen LogP contribution in [-0.4, -0.2) is 29.6 Å². The van der Waals surface area contributed by atoms with Crippen molar-refractivity contribution in [3.8, 4) is 0 Å². The first-order valence-electron chi connectivity index (χ1n) is 6.87. The van der Waals surface area contributed by atoms with E-state index < -0.39 is 5.97 Å². The Hall–Kier alpha value is -1.65. The molecule has 0 aliphatic heterocycles. The van der Waals surface area contributed by atoms with Crippen molar-refractivity contribution in [1.82, 2.24) is 9.97 Å². The molecule has 1 N–H and O–H groups in total. The number of hydrogen-bond donors (Lipinski definition) is 1. The smallest absolute Gasteiger partial charge is 0.376 e. The zero-order chi connectivity index (χ0) is 13.7. The Morgan fingerprint density at radius 3 is 2.84 bits per heavy atom. The van der Waals surface area contributed by atoms with Crippen molar-refractivity contribution in [2.24, 2.45) is 5.92 Å². The number of anilines is 1. The second-order valence-corrected chi connectivity index (χ2v) is 5.08. The summed E-state index contributed by atoms with van der Waals surface area (Å²) >= 11 is 0. The van der Waals surface area contributed by atoms with Crippen molar-refractivity contribution in [3.63, 3.8) is 0 Å². The normalized spacial score (nSPS) is 15.5. The Bertz CT molecular complexity index is 442. The number of esters is 1. The first-order chi connectivity index (χ1) is 9.19. The summed E-state index contributed by atoms with van der Waals surface area (Å²) in [6.07, 6.45) is 6.58. The minimum atomic E-state index is -0.498. The van der Waals surface area contributed by atoms with Gasteiger partial charge in [-0.15, -0.1) is 0 Å². The van der Waals surface area contributed by atoms with Crippen LogP contribution < -0.4 is 5.32 Å². The highest BCUT2D eigenvalue weighted by Gasteiger charge is 2.15. The topological polar surface area (TPSA) is 64.1 Å². The second kappa shape index (κ2) is 6.50. The van der Waals surface area contributed by atoms with Crippen molar-refractivity contribution in [2.75, 3.05) is 19.0 Å². The summed E-state index contributed by atoms with van der Waals surface area (Å²) in [4.78, 5) is 19.7. The van der Waals surface area contributed by atoms with Crippen molar-refractivity contribution in [3.05, 3.63) is 17.6 Å². The standard InChI is InChI=1S/C14H21N3O2/c1-10-9-12(17-13(16-10)14(18)19-2)15-8-7-11-5-3-4-6-11/h9,11H,3-8H2,1-2H3,(H,15,16,17). The lowest BCUT2D eigenvalue weighted by molar-refractivity contribution is 0.0586. The molecule has 0 saturated heterocycles. The quantitative estimate of drug-likeness (QED) is 0.827. The van der Waals surface area contributed by atoms with Gasteiger partial charge in [0.2, 0.25) is 5.82 Å². The minimum absolute atomic E-state index is 0.117. The molecule has 19 heavy (non-hydrogen) atoms. The third kappa shape index (κ3) is 3.91. The van der Waals surface area contributed by atoms with Gasteiger partial charge in [0.25, 0.3) is 0 Å². The van der Waals surface area contributed by atoms with Crippen molar-refractivity contribution in [1.29, 1.82) is 0 Å². The van der Waals surface area contributed by atoms with Gasteiger partial charge in [0.05, 0.1) is 7.11 Å². The molecule has 1 aromatic rings. The van der Waals surface area contributed by atoms with Crippen LogP contribution in [-0.2, 0) is 4.74 Å². The Morgan fingerprint density at radius 2 is 2.16 bits per heavy atom. The average molecular weight is 263 g/mol. The van der Waals surface area contributed by atoms with Crippen LogP contribution in [0.3, 0.4) is 0 Å². The van der Waals surface area contributed by atoms with E-state index in [2.05, 4.69) is 20.0 Å². The highest BCUT2D eigenvalue weighted by Crippen LogP contribution is 2.27. The number of methoxy groups -OCH3 is 1. The zero-order valence-electron chi connectivity index (χ0n) is 11.6. The maximum absolute atomic E-state index is 11.4. The minimum Gasteiger partial charge on any atom is -0.463 e. The number of nitrogens with zero attached hydrogens (tertiary/aromatic N) is 2. The van der Waals surface area contributed by atoms with Gasteiger partial charge in [-0.25, -0.2) is 14.8 Å². The van der Waals surface area contributed by atoms with Crippen LogP contribution in [0.1, 0.15) is 48.4 Å². The molecule has 2 rings (SSSR count). The number of rotatable bonds is 5. The van der Waals surface area contributed by atoms with E-state index in [4.69, 9.17) is 0 Å². The van der Waals surface area contributed by atoms with Gasteiger partial charge in [-0.05, 0) is 19.3 Å². The fourth-order valence-electron chi connectivity index (χ4n) is 2.55. The maximum Gasteiger partial charge on any atom is 0.376 e. The van der Waals surface area contributed by atoms with Gasteiger partial charge in [-0.2, -0.15) is 0 Å². The highest BCUT2D eigenvalue weighted by molar-refractivity contribution is 5.85. The molecule has 1 aliphatic carbocycles. The van der Waals surface area contributed by atoms with Crippen molar-refractivity contribution in [2.45, 2.75) is 39.0 Å². The number of aromatic nitrogens is 2. The molecule has 0 unspecified atom stereocenters. The van der Waals surface area contributed by atoms with E-state index in [1.54, 1.807) is 0 Å². The molecule has 0 atom stereocenters. The third-order valence-electron chi connectivity index (χ3n) is 3.56. The molecule has 1 heterocycles. The number of hydrogen-bond acceptors (Lipinski definition) is 5. The van der Waals surface area contributed by atoms with Gasteiger partial charge in [0.15, 0.2) is 0 Å². The first-order valence-corrected chi connectivity index (χ1v) is 6.87. The molecular weight excluding hydrogens is 242 g/mol. The third-order valence-corrected chi connectivity index (χ3v) is 3.56. The van der Waals surface area contributed by atoms with Crippen LogP contribution >= 0.6 is 0 Å². The van der Waals surface area contributed by atoms with Crippen LogP contribution in [0.25, 0.3) is 0 Å². The number of carbonyl (C=O) groups excluding carboxylic acids is 1. The zero-order valence-corrected chi connectivity index (χ0v) is 11.6. The number of carbonyl (C=O) groups is 1. The van der Waals surface area contributed by atoms with Crippen LogP contribution in [0.5, 0.6) is 0 Å². The fourth-order valence-corrected chi connectivity index (χ4v) is 2.55. The number of nitrogens with one attached hydrogen (secondary N) is 1. The van der Waals surface area contributed by atoms with Gasteiger partial charge >= 0.3 is 5.97 Å². The highest BCUT2D eigenvalue weighted by atomic mass is 16.5. The molecule has 0 bridgehead atoms. The average Bonchev–Trinajstić information content (AvgIpc) is 2.90. The maximum atomic E-state index is 11.4. The Labute approximate surface area is 113 Å². The van der Waals surface area contributed by atoms with E-state index >= 15 is 0 Å². The predicted octanol–water partition coefficient (Wildman–Crippen LogP) is 2.56. The Morgan fingerprint density at radius 1 is 1.42 bits per heavy atom. The van der Waals surface area contributed by atoms with E-state index in [0.29, 0.717) is 5.82 Å². The molecule has 104 valence electrons. The molecule has 1 aliphatic rings. The summed E-state index contributed by atoms with van der Waals surface area (Å²) < 4.78 is 4.64. The molecule has 0 radical (unpaired) electrons. The van der Waals surface area contributed by atoms with Crippen molar-refractivity contribution < 1.29 is 9.53 Å². The Kier molecular flexibility index (Phi) is 4.71. The van der Waals surface area contributed by atoms with E-state index in [9.17, 15) is 4.79 Å². The van der Waals surface area contributed by atoms with Crippen LogP contribution in [0.4, 0.5) is 5.82 Å². The lowest BCUT2D eigenvalue weighted by Gasteiger charge is -2.11. The monoisotopic (exact) mass is 263 g/mol. The Balaban J connectivity index is 1.91. The second-order valence-electron chi connectivity index (χ2n) is 5.08. The SMILES string of the molecule is COC(=O)c1nc(C)cc(NCCC2CCCC2)n1. The van der Waals surface area contributed by atoms with Gasteiger partial charge in [-0.1, -0.05) is 25.7 Å². The van der Waals surface area contributed by atoms with Crippen LogP contribution in [0, 0.1) is 12.8 Å². The lowest BCUT2D eigenvalue weighted by Crippen LogP contribution is -2.13. The van der Waals surface area contributed by atoms with E-state index in [0.717, 1.165) is 24.6 Å². The fraction of sp³-hybridized carbons (Fsp3) is 0.643. The molecule has 5 heteroatoms. The summed E-state index contributed by atoms with van der Waals surface area (Å²) in [7, 11) is 1.33. The summed E-state index contributed by atoms with van der Waals surface area (Å²) in [6.45, 7) is 2.73. The van der Waals surface area contributed by atoms with Gasteiger partial charge in [-0.3, -0.25) is 0 Å². The van der Waals surface area contributed by atoms with E-state index in [1.807, 2.05) is 13.0 Å². The molecular formula is C14H21N3O2. The molecule has 1 aromatic heterocycles. The molecule has 0 aromatic carbocycles. The largest absolute Gasteiger partial charge is 0.463 e. The molecule has 0 spiro atoms. The summed E-state index contributed by atoms with van der Waals surface area (Å²) in [5.74, 6) is 1.16. The molecule has 1 saturated carbocycles. The van der Waals surface area contributed by atoms with Gasteiger partial charge in [0, 0.05) is 18.3 Å². The number of ether oxygens (including phenoxy) is 1. The first kappa shape index (κ1) is 13.8. The van der Waals surface area contributed by atoms with Crippen molar-refractivity contribution >= 4 is 11.8 Å². The van der Waals surface area contributed by atoms with Crippen LogP contribution in [0.2, 0.25) is 0 Å². The number of aryl methyl sites for hydroxylation is 1. The van der Waals surface area contributed by atoms with E-state index in [-0.39, 0.29) is 5.82 Å². The molecule has 0 amide bonds. The summed E-state index contributed by atoms with van der Waals surface area (Å²) in [6, 6.07) is 1.85. The predicted molar refractivity (Wildman–Crippen MR) is 73.2 cm³/mol. The lowest BCUT2D eigenvalue weighted by atomic mass is 10.0. The van der Waals surface area contributed by atoms with E-state index in [1.165, 1.54) is 32.8 Å². The van der Waals surface area contributed by atoms with Gasteiger partial charge < -0.3 is 10.1 Å². The molecule has 1 fully saturated rings. The summed E-state index contributed by atoms with van der Waals surface area (Å²) in [5.41, 5.74) is 0.763. The van der Waals surface area contributed by atoms with Gasteiger partial charge in [0.1, 0.15) is 5.82 Å². The van der Waals surface area contributed by atoms with Crippen LogP contribution in [0.15, 0.2) is 6.07 Å². The molecule has 5 nitrogen and oxygen atoms in total. The summed E-state index contributed by atoms with van der Waals surface area (Å²) in [5, 5.41) is 3.27.